The number of aromatic nitrogens is 2. The standard InChI is InChI=1S/C16H18FN3O2/c1-12(10-17)19-7-8-20-15(16(19)21)9-13(18-20)11-22-14-5-3-2-4-6-14/h2-6,9,12H,7-8,10-11H2,1H3. The maximum atomic E-state index is 12.8. The first kappa shape index (κ1) is 14.6. The van der Waals surface area contributed by atoms with Crippen LogP contribution in [-0.2, 0) is 13.2 Å². The summed E-state index contributed by atoms with van der Waals surface area (Å²) in [6.45, 7) is 2.54. The van der Waals surface area contributed by atoms with Gasteiger partial charge in [0.15, 0.2) is 0 Å². The highest BCUT2D eigenvalue weighted by atomic mass is 19.1. The van der Waals surface area contributed by atoms with Crippen molar-refractivity contribution in [2.75, 3.05) is 13.2 Å². The molecule has 1 aromatic heterocycles. The van der Waals surface area contributed by atoms with Crippen molar-refractivity contribution >= 4 is 5.91 Å². The fourth-order valence-corrected chi connectivity index (χ4v) is 2.51. The van der Waals surface area contributed by atoms with E-state index in [1.54, 1.807) is 22.6 Å². The number of rotatable bonds is 5. The van der Waals surface area contributed by atoms with Gasteiger partial charge >= 0.3 is 0 Å². The number of amides is 1. The Morgan fingerprint density at radius 3 is 2.82 bits per heavy atom. The highest BCUT2D eigenvalue weighted by Crippen LogP contribution is 2.18. The number of hydrogen-bond donors (Lipinski definition) is 0. The van der Waals surface area contributed by atoms with E-state index in [0.717, 1.165) is 5.75 Å². The molecule has 0 saturated heterocycles. The van der Waals surface area contributed by atoms with Crippen LogP contribution in [0.4, 0.5) is 4.39 Å². The number of hydrogen-bond acceptors (Lipinski definition) is 3. The summed E-state index contributed by atoms with van der Waals surface area (Å²) in [7, 11) is 0. The van der Waals surface area contributed by atoms with Gasteiger partial charge in [-0.25, -0.2) is 4.39 Å². The van der Waals surface area contributed by atoms with E-state index in [0.29, 0.717) is 31.1 Å². The lowest BCUT2D eigenvalue weighted by Gasteiger charge is -2.31. The van der Waals surface area contributed by atoms with Crippen molar-refractivity contribution in [1.82, 2.24) is 14.7 Å². The highest BCUT2D eigenvalue weighted by Gasteiger charge is 2.29. The molecule has 22 heavy (non-hydrogen) atoms. The Bertz CT molecular complexity index is 657. The minimum absolute atomic E-state index is 0.171. The fraction of sp³-hybridized carbons (Fsp3) is 0.375. The first-order valence-corrected chi connectivity index (χ1v) is 7.30. The van der Waals surface area contributed by atoms with Crippen LogP contribution in [0.2, 0.25) is 0 Å². The van der Waals surface area contributed by atoms with Gasteiger partial charge < -0.3 is 9.64 Å². The summed E-state index contributed by atoms with van der Waals surface area (Å²) in [5.41, 5.74) is 1.19. The smallest absolute Gasteiger partial charge is 0.272 e. The Morgan fingerprint density at radius 2 is 2.09 bits per heavy atom. The molecule has 1 unspecified atom stereocenters. The molecule has 0 N–H and O–H groups in total. The van der Waals surface area contributed by atoms with Crippen LogP contribution in [0.3, 0.4) is 0 Å². The molecular weight excluding hydrogens is 285 g/mol. The fourth-order valence-electron chi connectivity index (χ4n) is 2.51. The van der Waals surface area contributed by atoms with Gasteiger partial charge in [-0.3, -0.25) is 9.48 Å². The Labute approximate surface area is 128 Å². The highest BCUT2D eigenvalue weighted by molar-refractivity contribution is 5.93. The monoisotopic (exact) mass is 303 g/mol. The zero-order valence-electron chi connectivity index (χ0n) is 12.4. The Morgan fingerprint density at radius 1 is 1.32 bits per heavy atom. The third-order valence-electron chi connectivity index (χ3n) is 3.75. The SMILES string of the molecule is CC(CF)N1CCn2nc(COc3ccccc3)cc2C1=O. The summed E-state index contributed by atoms with van der Waals surface area (Å²) < 4.78 is 20.1. The van der Waals surface area contributed by atoms with E-state index in [-0.39, 0.29) is 5.91 Å². The summed E-state index contributed by atoms with van der Waals surface area (Å²) in [6, 6.07) is 10.8. The maximum absolute atomic E-state index is 12.8. The molecule has 1 aromatic carbocycles. The molecular formula is C16H18FN3O2. The molecule has 0 aliphatic carbocycles. The molecule has 2 heterocycles. The molecule has 2 aromatic rings. The third kappa shape index (κ3) is 2.81. The van der Waals surface area contributed by atoms with Crippen LogP contribution in [0, 0.1) is 0 Å². The number of alkyl halides is 1. The van der Waals surface area contributed by atoms with E-state index in [1.165, 1.54) is 0 Å². The van der Waals surface area contributed by atoms with Crippen molar-refractivity contribution in [3.8, 4) is 5.75 Å². The van der Waals surface area contributed by atoms with E-state index in [4.69, 9.17) is 4.74 Å². The molecule has 3 rings (SSSR count). The zero-order chi connectivity index (χ0) is 15.5. The van der Waals surface area contributed by atoms with E-state index in [2.05, 4.69) is 5.10 Å². The zero-order valence-corrected chi connectivity index (χ0v) is 12.4. The summed E-state index contributed by atoms with van der Waals surface area (Å²) in [5.74, 6) is 0.585. The number of halogens is 1. The van der Waals surface area contributed by atoms with Gasteiger partial charge in [-0.05, 0) is 25.1 Å². The first-order chi connectivity index (χ1) is 10.7. The predicted molar refractivity (Wildman–Crippen MR) is 79.5 cm³/mol. The Hall–Kier alpha value is -2.37. The molecule has 6 heteroatoms. The molecule has 1 aliphatic rings. The summed E-state index contributed by atoms with van der Waals surface area (Å²) in [5, 5.41) is 4.39. The number of carbonyl (C=O) groups is 1. The number of benzene rings is 1. The van der Waals surface area contributed by atoms with Gasteiger partial charge in [0.1, 0.15) is 30.4 Å². The molecule has 0 radical (unpaired) electrons. The second kappa shape index (κ2) is 6.17. The lowest BCUT2D eigenvalue weighted by Crippen LogP contribution is -2.46. The summed E-state index contributed by atoms with van der Waals surface area (Å²) >= 11 is 0. The number of carbonyl (C=O) groups excluding carboxylic acids is 1. The average molecular weight is 303 g/mol. The number of nitrogens with zero attached hydrogens (tertiary/aromatic N) is 3. The number of para-hydroxylation sites is 1. The van der Waals surface area contributed by atoms with E-state index < -0.39 is 12.7 Å². The summed E-state index contributed by atoms with van der Waals surface area (Å²) in [4.78, 5) is 13.9. The Kier molecular flexibility index (Phi) is 4.09. The van der Waals surface area contributed by atoms with Crippen molar-refractivity contribution in [2.45, 2.75) is 26.1 Å². The van der Waals surface area contributed by atoms with E-state index >= 15 is 0 Å². The van der Waals surface area contributed by atoms with Gasteiger partial charge in [-0.15, -0.1) is 0 Å². The van der Waals surface area contributed by atoms with E-state index in [1.807, 2.05) is 30.3 Å². The predicted octanol–water partition coefficient (Wildman–Crippen LogP) is 2.28. The van der Waals surface area contributed by atoms with Gasteiger partial charge in [-0.1, -0.05) is 18.2 Å². The lowest BCUT2D eigenvalue weighted by atomic mass is 10.2. The molecule has 5 nitrogen and oxygen atoms in total. The van der Waals surface area contributed by atoms with Crippen molar-refractivity contribution in [2.24, 2.45) is 0 Å². The van der Waals surface area contributed by atoms with Crippen LogP contribution in [0.5, 0.6) is 5.75 Å². The van der Waals surface area contributed by atoms with Crippen LogP contribution < -0.4 is 4.74 Å². The van der Waals surface area contributed by atoms with Gasteiger partial charge in [0, 0.05) is 6.54 Å². The van der Waals surface area contributed by atoms with Crippen molar-refractivity contribution in [3.63, 3.8) is 0 Å². The number of fused-ring (bicyclic) bond motifs is 1. The second-order valence-corrected chi connectivity index (χ2v) is 5.35. The normalized spacial score (nSPS) is 15.5. The molecule has 0 bridgehead atoms. The molecule has 0 spiro atoms. The summed E-state index contributed by atoms with van der Waals surface area (Å²) in [6.07, 6.45) is 0. The molecule has 0 fully saturated rings. The van der Waals surface area contributed by atoms with E-state index in [9.17, 15) is 9.18 Å². The minimum Gasteiger partial charge on any atom is -0.487 e. The largest absolute Gasteiger partial charge is 0.487 e. The van der Waals surface area contributed by atoms with Gasteiger partial charge in [0.05, 0.1) is 12.6 Å². The van der Waals surface area contributed by atoms with Gasteiger partial charge in [-0.2, -0.15) is 5.10 Å². The molecule has 1 atom stereocenters. The van der Waals surface area contributed by atoms with Crippen LogP contribution in [0.15, 0.2) is 36.4 Å². The quantitative estimate of drug-likeness (QED) is 0.851. The van der Waals surface area contributed by atoms with Crippen molar-refractivity contribution in [1.29, 1.82) is 0 Å². The Balaban J connectivity index is 1.72. The minimum atomic E-state index is -0.538. The van der Waals surface area contributed by atoms with Gasteiger partial charge in [0.2, 0.25) is 0 Å². The number of ether oxygens (including phenoxy) is 1. The molecule has 116 valence electrons. The molecule has 1 amide bonds. The molecule has 1 aliphatic heterocycles. The third-order valence-corrected chi connectivity index (χ3v) is 3.75. The second-order valence-electron chi connectivity index (χ2n) is 5.35. The van der Waals surface area contributed by atoms with Crippen molar-refractivity contribution < 1.29 is 13.9 Å². The lowest BCUT2D eigenvalue weighted by molar-refractivity contribution is 0.0598. The van der Waals surface area contributed by atoms with Crippen LogP contribution in [0.25, 0.3) is 0 Å². The van der Waals surface area contributed by atoms with Crippen molar-refractivity contribution in [3.05, 3.63) is 47.8 Å². The first-order valence-electron chi connectivity index (χ1n) is 7.30. The van der Waals surface area contributed by atoms with Crippen LogP contribution in [0.1, 0.15) is 23.1 Å². The maximum Gasteiger partial charge on any atom is 0.272 e. The molecule has 0 saturated carbocycles. The van der Waals surface area contributed by atoms with Gasteiger partial charge in [0.25, 0.3) is 5.91 Å². The van der Waals surface area contributed by atoms with Crippen LogP contribution in [-0.4, -0.2) is 39.8 Å². The average Bonchev–Trinajstić information content (AvgIpc) is 2.98. The van der Waals surface area contributed by atoms with Crippen LogP contribution >= 0.6 is 0 Å². The topological polar surface area (TPSA) is 47.4 Å².